The second kappa shape index (κ2) is 8.80. The maximum absolute atomic E-state index is 6.11. The summed E-state index contributed by atoms with van der Waals surface area (Å²) in [6.07, 6.45) is 5.26. The lowest BCUT2D eigenvalue weighted by molar-refractivity contribution is 0.00397. The van der Waals surface area contributed by atoms with Crippen LogP contribution in [0.1, 0.15) is 30.1 Å². The van der Waals surface area contributed by atoms with Crippen LogP contribution in [0.5, 0.6) is 0 Å². The zero-order valence-electron chi connectivity index (χ0n) is 15.4. The predicted octanol–water partition coefficient (Wildman–Crippen LogP) is 2.93. The van der Waals surface area contributed by atoms with Crippen LogP contribution in [-0.4, -0.2) is 54.2 Å². The van der Waals surface area contributed by atoms with Gasteiger partial charge in [0.15, 0.2) is 0 Å². The van der Waals surface area contributed by atoms with Crippen LogP contribution in [0.25, 0.3) is 0 Å². The van der Waals surface area contributed by atoms with Crippen molar-refractivity contribution in [3.8, 4) is 0 Å². The van der Waals surface area contributed by atoms with E-state index in [4.69, 9.17) is 9.47 Å². The Bertz CT molecular complexity index is 667. The maximum Gasteiger partial charge on any atom is 0.0883 e. The maximum atomic E-state index is 6.11. The van der Waals surface area contributed by atoms with E-state index in [1.807, 2.05) is 6.20 Å². The van der Waals surface area contributed by atoms with Gasteiger partial charge in [-0.3, -0.25) is 9.58 Å². The first kappa shape index (κ1) is 17.7. The molecule has 3 heterocycles. The van der Waals surface area contributed by atoms with E-state index in [0.29, 0.717) is 12.0 Å². The van der Waals surface area contributed by atoms with E-state index in [2.05, 4.69) is 51.1 Å². The van der Waals surface area contributed by atoms with Crippen LogP contribution < -0.4 is 0 Å². The number of benzene rings is 1. The molecule has 5 nitrogen and oxygen atoms in total. The molecule has 0 radical (unpaired) electrons. The number of hydrogen-bond donors (Lipinski definition) is 0. The number of nitrogens with zero attached hydrogens (tertiary/aromatic N) is 3. The van der Waals surface area contributed by atoms with Gasteiger partial charge < -0.3 is 9.47 Å². The summed E-state index contributed by atoms with van der Waals surface area (Å²) in [7, 11) is 0. The van der Waals surface area contributed by atoms with Crippen molar-refractivity contribution in [2.75, 3.05) is 39.5 Å². The van der Waals surface area contributed by atoms with Crippen molar-refractivity contribution in [1.82, 2.24) is 14.7 Å². The summed E-state index contributed by atoms with van der Waals surface area (Å²) in [5.74, 6) is 0.651. The summed E-state index contributed by atoms with van der Waals surface area (Å²) >= 11 is 0. The van der Waals surface area contributed by atoms with Crippen molar-refractivity contribution in [2.45, 2.75) is 31.8 Å². The first-order valence-corrected chi connectivity index (χ1v) is 9.82. The summed E-state index contributed by atoms with van der Waals surface area (Å²) in [5, 5.41) is 4.55. The van der Waals surface area contributed by atoms with Gasteiger partial charge in [-0.1, -0.05) is 30.3 Å². The van der Waals surface area contributed by atoms with Crippen molar-refractivity contribution in [1.29, 1.82) is 0 Å². The summed E-state index contributed by atoms with van der Waals surface area (Å²) in [6.45, 7) is 6.42. The summed E-state index contributed by atoms with van der Waals surface area (Å²) in [6, 6.07) is 13.2. The van der Waals surface area contributed by atoms with Gasteiger partial charge in [-0.15, -0.1) is 0 Å². The molecule has 0 spiro atoms. The largest absolute Gasteiger partial charge is 0.381 e. The zero-order chi connectivity index (χ0) is 17.6. The highest BCUT2D eigenvalue weighted by Crippen LogP contribution is 2.22. The molecule has 1 fully saturated rings. The molecule has 0 N–H and O–H groups in total. The molecule has 2 aliphatic rings. The molecule has 1 unspecified atom stereocenters. The summed E-state index contributed by atoms with van der Waals surface area (Å²) in [4.78, 5) is 2.53. The number of rotatable bonds is 7. The van der Waals surface area contributed by atoms with Crippen LogP contribution in [0.4, 0.5) is 0 Å². The minimum Gasteiger partial charge on any atom is -0.381 e. The van der Waals surface area contributed by atoms with Crippen molar-refractivity contribution in [3.63, 3.8) is 0 Å². The van der Waals surface area contributed by atoms with Crippen molar-refractivity contribution < 1.29 is 9.47 Å². The Labute approximate surface area is 155 Å². The fourth-order valence-corrected chi connectivity index (χ4v) is 3.97. The van der Waals surface area contributed by atoms with Gasteiger partial charge in [-0.2, -0.15) is 5.10 Å². The van der Waals surface area contributed by atoms with Gasteiger partial charge in [0.2, 0.25) is 0 Å². The van der Waals surface area contributed by atoms with E-state index >= 15 is 0 Å². The molecular formula is C21H29N3O2. The van der Waals surface area contributed by atoms with Gasteiger partial charge in [-0.05, 0) is 36.8 Å². The molecule has 4 rings (SSSR count). The molecular weight excluding hydrogens is 326 g/mol. The first-order valence-electron chi connectivity index (χ1n) is 9.82. The Morgan fingerprint density at radius 1 is 1.08 bits per heavy atom. The molecule has 0 aliphatic carbocycles. The Morgan fingerprint density at radius 2 is 1.92 bits per heavy atom. The highest BCUT2D eigenvalue weighted by Gasteiger charge is 2.26. The Balaban J connectivity index is 1.30. The molecule has 1 saturated heterocycles. The van der Waals surface area contributed by atoms with Crippen LogP contribution in [-0.2, 0) is 22.4 Å². The van der Waals surface area contributed by atoms with Crippen LogP contribution >= 0.6 is 0 Å². The fourth-order valence-electron chi connectivity index (χ4n) is 3.97. The minimum atomic E-state index is 0.310. The lowest BCUT2D eigenvalue weighted by atomic mass is 10.0. The Kier molecular flexibility index (Phi) is 5.99. The number of hydrogen-bond acceptors (Lipinski definition) is 4. The van der Waals surface area contributed by atoms with Crippen LogP contribution in [0.15, 0.2) is 42.6 Å². The molecule has 5 heteroatoms. The normalized spacial score (nSPS) is 21.6. The molecule has 1 aromatic heterocycles. The monoisotopic (exact) mass is 355 g/mol. The molecule has 26 heavy (non-hydrogen) atoms. The van der Waals surface area contributed by atoms with Gasteiger partial charge in [0.05, 0.1) is 18.3 Å². The van der Waals surface area contributed by atoms with Crippen LogP contribution in [0, 0.1) is 5.92 Å². The van der Waals surface area contributed by atoms with Crippen LogP contribution in [0.3, 0.4) is 0 Å². The molecule has 0 bridgehead atoms. The standard InChI is InChI=1S/C21H29N3O2/c1-2-4-18(5-3-1)7-11-23-14-20-6-10-22-24(20)21(15-23)17-26-16-19-8-12-25-13-9-19/h1-6,10,19,21H,7-9,11-17H2. The van der Waals surface area contributed by atoms with E-state index in [-0.39, 0.29) is 0 Å². The topological polar surface area (TPSA) is 39.5 Å². The van der Waals surface area contributed by atoms with E-state index in [9.17, 15) is 0 Å². The Morgan fingerprint density at radius 3 is 2.77 bits per heavy atom. The van der Waals surface area contributed by atoms with Crippen molar-refractivity contribution >= 4 is 0 Å². The zero-order valence-corrected chi connectivity index (χ0v) is 15.4. The minimum absolute atomic E-state index is 0.310. The fraction of sp³-hybridized carbons (Fsp3) is 0.571. The number of ether oxygens (including phenoxy) is 2. The molecule has 0 saturated carbocycles. The van der Waals surface area contributed by atoms with E-state index in [1.165, 1.54) is 11.3 Å². The van der Waals surface area contributed by atoms with Crippen molar-refractivity contribution in [2.24, 2.45) is 5.92 Å². The van der Waals surface area contributed by atoms with Gasteiger partial charge in [0, 0.05) is 45.7 Å². The molecule has 2 aromatic rings. The Hall–Kier alpha value is -1.69. The molecule has 0 amide bonds. The van der Waals surface area contributed by atoms with E-state index in [1.54, 1.807) is 0 Å². The van der Waals surface area contributed by atoms with Crippen molar-refractivity contribution in [3.05, 3.63) is 53.9 Å². The average molecular weight is 355 g/mol. The third-order valence-electron chi connectivity index (χ3n) is 5.52. The third kappa shape index (κ3) is 4.53. The van der Waals surface area contributed by atoms with Gasteiger partial charge in [0.25, 0.3) is 0 Å². The van der Waals surface area contributed by atoms with Crippen LogP contribution in [0.2, 0.25) is 0 Å². The smallest absolute Gasteiger partial charge is 0.0883 e. The van der Waals surface area contributed by atoms with E-state index in [0.717, 1.165) is 65.3 Å². The van der Waals surface area contributed by atoms with Gasteiger partial charge in [0.1, 0.15) is 0 Å². The summed E-state index contributed by atoms with van der Waals surface area (Å²) in [5.41, 5.74) is 2.70. The summed E-state index contributed by atoms with van der Waals surface area (Å²) < 4.78 is 13.7. The highest BCUT2D eigenvalue weighted by atomic mass is 16.5. The molecule has 2 aliphatic heterocycles. The SMILES string of the molecule is c1ccc(CCN2Cc3ccnn3C(COCC3CCOCC3)C2)cc1. The van der Waals surface area contributed by atoms with E-state index < -0.39 is 0 Å². The third-order valence-corrected chi connectivity index (χ3v) is 5.52. The van der Waals surface area contributed by atoms with Gasteiger partial charge >= 0.3 is 0 Å². The van der Waals surface area contributed by atoms with Gasteiger partial charge in [-0.25, -0.2) is 0 Å². The molecule has 140 valence electrons. The molecule has 1 aromatic carbocycles. The predicted molar refractivity (Wildman–Crippen MR) is 101 cm³/mol. The number of aromatic nitrogens is 2. The second-order valence-electron chi connectivity index (χ2n) is 7.48. The molecule has 1 atom stereocenters. The highest BCUT2D eigenvalue weighted by molar-refractivity contribution is 5.15. The number of fused-ring (bicyclic) bond motifs is 1. The lowest BCUT2D eigenvalue weighted by Gasteiger charge is -2.34. The quantitative estimate of drug-likeness (QED) is 0.766. The first-order chi connectivity index (χ1) is 12.9. The lowest BCUT2D eigenvalue weighted by Crippen LogP contribution is -2.40. The average Bonchev–Trinajstić information content (AvgIpc) is 3.17. The second-order valence-corrected chi connectivity index (χ2v) is 7.48.